The van der Waals surface area contributed by atoms with E-state index in [9.17, 15) is 19.6 Å². The number of carbonyl (C=O) groups excluding carboxylic acids is 3. The number of carbonyl (C=O) groups is 3. The minimum atomic E-state index is -0.643. The van der Waals surface area contributed by atoms with Crippen molar-refractivity contribution in [1.82, 2.24) is 15.7 Å². The largest absolute Gasteiger partial charge is 0.451 e. The summed E-state index contributed by atoms with van der Waals surface area (Å²) in [6.45, 7) is 3.73. The second kappa shape index (κ2) is 13.9. The number of hydrogen-bond donors (Lipinski definition) is 4. The Labute approximate surface area is 205 Å². The van der Waals surface area contributed by atoms with Crippen molar-refractivity contribution in [1.29, 1.82) is 0 Å². The fourth-order valence-electron chi connectivity index (χ4n) is 3.85. The Morgan fingerprint density at radius 3 is 2.63 bits per heavy atom. The van der Waals surface area contributed by atoms with E-state index in [-0.39, 0.29) is 18.3 Å². The summed E-state index contributed by atoms with van der Waals surface area (Å²) in [4.78, 5) is 40.4. The smallest absolute Gasteiger partial charge is 0.288 e. The Morgan fingerprint density at radius 2 is 1.97 bits per heavy atom. The second-order valence-corrected chi connectivity index (χ2v) is 8.14. The molecular formula is C25H35N5O5. The Hall–Kier alpha value is -3.66. The molecule has 2 unspecified atom stereocenters. The molecule has 10 heteroatoms. The van der Waals surface area contributed by atoms with E-state index in [0.29, 0.717) is 35.9 Å². The number of nitrogens with zero attached hydrogens (tertiary/aromatic N) is 2. The van der Waals surface area contributed by atoms with Crippen molar-refractivity contribution in [3.63, 3.8) is 0 Å². The van der Waals surface area contributed by atoms with Gasteiger partial charge in [0, 0.05) is 18.2 Å². The molecule has 2 aromatic rings. The van der Waals surface area contributed by atoms with E-state index >= 15 is 0 Å². The van der Waals surface area contributed by atoms with Gasteiger partial charge < -0.3 is 20.8 Å². The third-order valence-electron chi connectivity index (χ3n) is 5.81. The van der Waals surface area contributed by atoms with Crippen LogP contribution in [0.5, 0.6) is 0 Å². The molecule has 0 aliphatic rings. The Balaban J connectivity index is 2.00. The topological polar surface area (TPSA) is 150 Å². The highest BCUT2D eigenvalue weighted by Crippen LogP contribution is 2.23. The second-order valence-electron chi connectivity index (χ2n) is 8.14. The minimum Gasteiger partial charge on any atom is -0.451 e. The molecule has 0 fully saturated rings. The highest BCUT2D eigenvalue weighted by molar-refractivity contribution is 5.98. The number of furan rings is 1. The van der Waals surface area contributed by atoms with Gasteiger partial charge in [-0.1, -0.05) is 51.3 Å². The Bertz CT molecular complexity index is 1020. The maximum atomic E-state index is 12.8. The van der Waals surface area contributed by atoms with Crippen molar-refractivity contribution >= 4 is 24.1 Å². The van der Waals surface area contributed by atoms with Crippen LogP contribution in [-0.2, 0) is 9.59 Å². The molecule has 1 aromatic heterocycles. The average Bonchev–Trinajstić information content (AvgIpc) is 3.38. The number of hydroxylamine groups is 2. The summed E-state index contributed by atoms with van der Waals surface area (Å²) in [5, 5.41) is 15.7. The first-order valence-electron chi connectivity index (χ1n) is 11.8. The predicted octanol–water partition coefficient (Wildman–Crippen LogP) is 2.91. The van der Waals surface area contributed by atoms with Gasteiger partial charge in [0.15, 0.2) is 5.76 Å². The number of hydrogen-bond acceptors (Lipinski definition) is 6. The normalized spacial score (nSPS) is 13.1. The van der Waals surface area contributed by atoms with Crippen LogP contribution in [0.4, 0.5) is 0 Å². The van der Waals surface area contributed by atoms with E-state index < -0.39 is 17.9 Å². The summed E-state index contributed by atoms with van der Waals surface area (Å²) < 4.78 is 5.69. The van der Waals surface area contributed by atoms with Gasteiger partial charge in [-0.2, -0.15) is 0 Å². The summed E-state index contributed by atoms with van der Waals surface area (Å²) in [7, 11) is 1.61. The van der Waals surface area contributed by atoms with Crippen LogP contribution in [0.25, 0.3) is 11.3 Å². The molecule has 10 nitrogen and oxygen atoms in total. The molecule has 1 heterocycles. The first-order valence-corrected chi connectivity index (χ1v) is 11.8. The lowest BCUT2D eigenvalue weighted by Crippen LogP contribution is -2.47. The predicted molar refractivity (Wildman–Crippen MR) is 133 cm³/mol. The summed E-state index contributed by atoms with van der Waals surface area (Å²) in [5.74, 6) is -0.466. The average molecular weight is 486 g/mol. The molecule has 3 amide bonds. The number of rotatable bonds is 14. The highest BCUT2D eigenvalue weighted by atomic mass is 16.5. The minimum absolute atomic E-state index is 0.0881. The lowest BCUT2D eigenvalue weighted by Gasteiger charge is -2.29. The van der Waals surface area contributed by atoms with E-state index in [1.165, 1.54) is 0 Å². The standard InChI is InChI=1S/C25H35N5O5/c1-4-6-7-11-19(20(5-2)30(34)16-31)24(32)28-15-29-25(33)22-13-12-21(35-22)17-9-8-10-18(14-17)23(26)27-3/h8-10,12-14,16,19-20,34H,4-7,11,15H2,1-3H3,(H2,26,27)(H,28,32)(H,29,33). The van der Waals surface area contributed by atoms with Crippen LogP contribution < -0.4 is 16.4 Å². The third-order valence-corrected chi connectivity index (χ3v) is 5.81. The van der Waals surface area contributed by atoms with Crippen molar-refractivity contribution in [2.45, 2.75) is 52.0 Å². The molecule has 0 radical (unpaired) electrons. The van der Waals surface area contributed by atoms with Crippen LogP contribution in [0.2, 0.25) is 0 Å². The Morgan fingerprint density at radius 1 is 1.20 bits per heavy atom. The number of amidine groups is 1. The molecule has 5 N–H and O–H groups in total. The van der Waals surface area contributed by atoms with Gasteiger partial charge >= 0.3 is 0 Å². The Kier molecular flexibility index (Phi) is 11.0. The molecule has 1 aromatic carbocycles. The zero-order valence-corrected chi connectivity index (χ0v) is 20.5. The number of amides is 3. The number of unbranched alkanes of at least 4 members (excludes halogenated alkanes) is 2. The number of benzene rings is 1. The monoisotopic (exact) mass is 485 g/mol. The summed E-state index contributed by atoms with van der Waals surface area (Å²) in [6, 6.07) is 9.88. The fraction of sp³-hybridized carbons (Fsp3) is 0.440. The third kappa shape index (κ3) is 7.68. The van der Waals surface area contributed by atoms with Gasteiger partial charge in [-0.15, -0.1) is 0 Å². The SMILES string of the molecule is CCCCCC(C(=O)NCNC(=O)c1ccc(-c2cccc(C(N)=NC)c2)o1)C(CC)N(O)C=O. The van der Waals surface area contributed by atoms with Crippen molar-refractivity contribution in [3.8, 4) is 11.3 Å². The van der Waals surface area contributed by atoms with Crippen molar-refractivity contribution in [2.75, 3.05) is 13.7 Å². The number of aliphatic imine (C=N–C) groups is 1. The molecule has 2 rings (SSSR count). The lowest BCUT2D eigenvalue weighted by molar-refractivity contribution is -0.168. The van der Waals surface area contributed by atoms with E-state index in [0.717, 1.165) is 30.4 Å². The van der Waals surface area contributed by atoms with Crippen LogP contribution in [0.1, 0.15) is 62.1 Å². The first kappa shape index (κ1) is 27.6. The van der Waals surface area contributed by atoms with Crippen LogP contribution in [0, 0.1) is 5.92 Å². The molecule has 0 saturated heterocycles. The highest BCUT2D eigenvalue weighted by Gasteiger charge is 2.30. The van der Waals surface area contributed by atoms with Gasteiger partial charge in [0.2, 0.25) is 12.3 Å². The maximum absolute atomic E-state index is 12.8. The van der Waals surface area contributed by atoms with Crippen molar-refractivity contribution < 1.29 is 24.0 Å². The van der Waals surface area contributed by atoms with Crippen LogP contribution in [0.3, 0.4) is 0 Å². The molecule has 0 aliphatic carbocycles. The zero-order valence-electron chi connectivity index (χ0n) is 20.5. The molecule has 0 saturated carbocycles. The molecular weight excluding hydrogens is 450 g/mol. The molecule has 0 spiro atoms. The van der Waals surface area contributed by atoms with E-state index in [4.69, 9.17) is 10.2 Å². The van der Waals surface area contributed by atoms with Gasteiger partial charge in [0.05, 0.1) is 18.6 Å². The van der Waals surface area contributed by atoms with E-state index in [1.807, 2.05) is 24.3 Å². The van der Waals surface area contributed by atoms with Gasteiger partial charge in [-0.3, -0.25) is 24.6 Å². The van der Waals surface area contributed by atoms with Gasteiger partial charge in [-0.25, -0.2) is 5.06 Å². The van der Waals surface area contributed by atoms with Gasteiger partial charge in [0.25, 0.3) is 5.91 Å². The summed E-state index contributed by atoms with van der Waals surface area (Å²) >= 11 is 0. The van der Waals surface area contributed by atoms with Crippen LogP contribution in [0.15, 0.2) is 45.8 Å². The quantitative estimate of drug-likeness (QED) is 0.0614. The van der Waals surface area contributed by atoms with Crippen LogP contribution in [-0.4, -0.2) is 54.1 Å². The van der Waals surface area contributed by atoms with Crippen molar-refractivity contribution in [2.24, 2.45) is 16.6 Å². The van der Waals surface area contributed by atoms with Crippen LogP contribution >= 0.6 is 0 Å². The van der Waals surface area contributed by atoms with E-state index in [1.54, 1.807) is 26.1 Å². The summed E-state index contributed by atoms with van der Waals surface area (Å²) in [6.07, 6.45) is 3.94. The molecule has 190 valence electrons. The number of nitrogens with two attached hydrogens (primary N) is 1. The van der Waals surface area contributed by atoms with Gasteiger partial charge in [-0.05, 0) is 31.0 Å². The molecule has 35 heavy (non-hydrogen) atoms. The zero-order chi connectivity index (χ0) is 25.8. The lowest BCUT2D eigenvalue weighted by atomic mass is 9.90. The molecule has 0 bridgehead atoms. The first-order chi connectivity index (χ1) is 16.9. The number of nitrogens with one attached hydrogen (secondary N) is 2. The molecule has 2 atom stereocenters. The maximum Gasteiger partial charge on any atom is 0.288 e. The van der Waals surface area contributed by atoms with E-state index in [2.05, 4.69) is 22.5 Å². The summed E-state index contributed by atoms with van der Waals surface area (Å²) in [5.41, 5.74) is 7.35. The van der Waals surface area contributed by atoms with Crippen molar-refractivity contribution in [3.05, 3.63) is 47.7 Å². The fourth-order valence-corrected chi connectivity index (χ4v) is 3.85. The van der Waals surface area contributed by atoms with Gasteiger partial charge in [0.1, 0.15) is 11.6 Å². The molecule has 0 aliphatic heterocycles.